The van der Waals surface area contributed by atoms with Gasteiger partial charge in [-0.05, 0) is 37.3 Å². The van der Waals surface area contributed by atoms with E-state index in [4.69, 9.17) is 11.6 Å². The lowest BCUT2D eigenvalue weighted by Gasteiger charge is -2.28. The Morgan fingerprint density at radius 1 is 1.47 bits per heavy atom. The van der Waals surface area contributed by atoms with Crippen LogP contribution in [0.3, 0.4) is 0 Å². The molecular weight excluding hydrogens is 282 g/mol. The van der Waals surface area contributed by atoms with E-state index < -0.39 is 5.54 Å². The fourth-order valence-electron chi connectivity index (χ4n) is 2.49. The molecule has 1 saturated carbocycles. The summed E-state index contributed by atoms with van der Waals surface area (Å²) in [5, 5.41) is 12.9. The van der Waals surface area contributed by atoms with E-state index in [0.717, 1.165) is 30.6 Å². The monoisotopic (exact) mass is 299 g/mol. The summed E-state index contributed by atoms with van der Waals surface area (Å²) >= 11 is 7.66. The lowest BCUT2D eigenvalue weighted by Crippen LogP contribution is -2.49. The van der Waals surface area contributed by atoms with Gasteiger partial charge in [0.2, 0.25) is 0 Å². The molecule has 0 radical (unpaired) electrons. The number of nitrogens with one attached hydrogen (secondary N) is 1. The number of aliphatic hydroxyl groups is 1. The summed E-state index contributed by atoms with van der Waals surface area (Å²) in [6.07, 6.45) is 5.69. The number of hydrogen-bond acceptors (Lipinski definition) is 3. The Balaban J connectivity index is 2.19. The Labute approximate surface area is 122 Å². The van der Waals surface area contributed by atoms with Crippen molar-refractivity contribution in [2.45, 2.75) is 36.1 Å². The van der Waals surface area contributed by atoms with Gasteiger partial charge < -0.3 is 10.4 Å². The van der Waals surface area contributed by atoms with Gasteiger partial charge in [-0.2, -0.15) is 0 Å². The van der Waals surface area contributed by atoms with Gasteiger partial charge in [0.15, 0.2) is 0 Å². The van der Waals surface area contributed by atoms with Gasteiger partial charge in [-0.3, -0.25) is 4.79 Å². The van der Waals surface area contributed by atoms with Crippen molar-refractivity contribution in [2.24, 2.45) is 0 Å². The number of amides is 1. The number of halogens is 1. The Bertz CT molecular complexity index is 473. The molecule has 0 aliphatic heterocycles. The summed E-state index contributed by atoms with van der Waals surface area (Å²) in [6, 6.07) is 5.42. The summed E-state index contributed by atoms with van der Waals surface area (Å²) in [7, 11) is 0. The van der Waals surface area contributed by atoms with E-state index in [1.165, 1.54) is 0 Å². The minimum Gasteiger partial charge on any atom is -0.394 e. The maximum absolute atomic E-state index is 12.3. The van der Waals surface area contributed by atoms with Gasteiger partial charge in [0, 0.05) is 4.90 Å². The number of hydrogen-bond donors (Lipinski definition) is 2. The molecule has 1 aromatic carbocycles. The molecule has 1 amide bonds. The molecule has 1 aromatic rings. The van der Waals surface area contributed by atoms with Crippen LogP contribution in [0.4, 0.5) is 0 Å². The molecule has 2 N–H and O–H groups in total. The maximum atomic E-state index is 12.3. The van der Waals surface area contributed by atoms with E-state index in [-0.39, 0.29) is 12.5 Å². The van der Waals surface area contributed by atoms with Crippen LogP contribution in [0.1, 0.15) is 36.0 Å². The van der Waals surface area contributed by atoms with Crippen LogP contribution < -0.4 is 5.32 Å². The van der Waals surface area contributed by atoms with E-state index in [1.54, 1.807) is 23.9 Å². The van der Waals surface area contributed by atoms with Crippen LogP contribution >= 0.6 is 23.4 Å². The molecule has 2 rings (SSSR count). The zero-order valence-corrected chi connectivity index (χ0v) is 12.5. The third kappa shape index (κ3) is 3.25. The van der Waals surface area contributed by atoms with Gasteiger partial charge in [0.1, 0.15) is 0 Å². The molecular formula is C14H18ClNO2S. The number of benzene rings is 1. The summed E-state index contributed by atoms with van der Waals surface area (Å²) in [6.45, 7) is -0.0153. The summed E-state index contributed by atoms with van der Waals surface area (Å²) in [5.41, 5.74) is 0.0173. The maximum Gasteiger partial charge on any atom is 0.253 e. The molecule has 5 heteroatoms. The number of carbonyl (C=O) groups excluding carboxylic acids is 1. The predicted molar refractivity (Wildman–Crippen MR) is 79.0 cm³/mol. The third-order valence-electron chi connectivity index (χ3n) is 3.66. The second-order valence-electron chi connectivity index (χ2n) is 4.95. The molecule has 19 heavy (non-hydrogen) atoms. The highest BCUT2D eigenvalue weighted by Gasteiger charge is 2.35. The van der Waals surface area contributed by atoms with Crippen LogP contribution in [-0.2, 0) is 0 Å². The smallest absolute Gasteiger partial charge is 0.253 e. The first-order chi connectivity index (χ1) is 9.10. The van der Waals surface area contributed by atoms with Gasteiger partial charge in [0.05, 0.1) is 22.7 Å². The topological polar surface area (TPSA) is 49.3 Å². The summed E-state index contributed by atoms with van der Waals surface area (Å²) in [4.78, 5) is 13.3. The van der Waals surface area contributed by atoms with Crippen LogP contribution in [-0.4, -0.2) is 29.4 Å². The van der Waals surface area contributed by atoms with Crippen molar-refractivity contribution >= 4 is 29.3 Å². The molecule has 0 unspecified atom stereocenters. The fourth-order valence-corrected chi connectivity index (χ4v) is 3.13. The molecule has 1 aliphatic carbocycles. The second-order valence-corrected chi connectivity index (χ2v) is 6.23. The highest BCUT2D eigenvalue weighted by atomic mass is 35.5. The minimum absolute atomic E-state index is 0.0153. The van der Waals surface area contributed by atoms with E-state index >= 15 is 0 Å². The molecule has 1 aliphatic rings. The fraction of sp³-hybridized carbons (Fsp3) is 0.500. The van der Waals surface area contributed by atoms with Crippen molar-refractivity contribution in [3.8, 4) is 0 Å². The highest BCUT2D eigenvalue weighted by Crippen LogP contribution is 2.30. The van der Waals surface area contributed by atoms with Crippen molar-refractivity contribution in [1.82, 2.24) is 5.32 Å². The first-order valence-electron chi connectivity index (χ1n) is 6.37. The first kappa shape index (κ1) is 14.7. The number of carbonyl (C=O) groups is 1. The Morgan fingerprint density at radius 2 is 2.16 bits per heavy atom. The number of aliphatic hydroxyl groups excluding tert-OH is 1. The van der Waals surface area contributed by atoms with E-state index in [0.29, 0.717) is 10.6 Å². The first-order valence-corrected chi connectivity index (χ1v) is 7.97. The van der Waals surface area contributed by atoms with Gasteiger partial charge in [-0.15, -0.1) is 11.8 Å². The molecule has 0 saturated heterocycles. The molecule has 3 nitrogen and oxygen atoms in total. The van der Waals surface area contributed by atoms with Crippen LogP contribution in [0.5, 0.6) is 0 Å². The number of thioether (sulfide) groups is 1. The standard InChI is InChI=1S/C14H18ClNO2S/c1-19-10-4-5-12(15)11(8-10)13(18)16-14(9-17)6-2-3-7-14/h4-5,8,17H,2-3,6-7,9H2,1H3,(H,16,18). The van der Waals surface area contributed by atoms with E-state index in [1.807, 2.05) is 12.3 Å². The highest BCUT2D eigenvalue weighted by molar-refractivity contribution is 7.98. The SMILES string of the molecule is CSc1ccc(Cl)c(C(=O)NC2(CO)CCCC2)c1. The van der Waals surface area contributed by atoms with Crippen molar-refractivity contribution in [2.75, 3.05) is 12.9 Å². The molecule has 0 spiro atoms. The quantitative estimate of drug-likeness (QED) is 0.840. The minimum atomic E-state index is -0.463. The van der Waals surface area contributed by atoms with Crippen LogP contribution in [0.2, 0.25) is 5.02 Å². The lowest BCUT2D eigenvalue weighted by atomic mass is 9.98. The zero-order chi connectivity index (χ0) is 13.9. The Kier molecular flexibility index (Phi) is 4.76. The molecule has 0 atom stereocenters. The van der Waals surface area contributed by atoms with Gasteiger partial charge >= 0.3 is 0 Å². The Hall–Kier alpha value is -0.710. The number of rotatable bonds is 4. The molecule has 0 bridgehead atoms. The van der Waals surface area contributed by atoms with E-state index in [9.17, 15) is 9.90 Å². The summed E-state index contributed by atoms with van der Waals surface area (Å²) in [5.74, 6) is -0.197. The van der Waals surface area contributed by atoms with Crippen LogP contribution in [0, 0.1) is 0 Å². The van der Waals surface area contributed by atoms with Crippen LogP contribution in [0.15, 0.2) is 23.1 Å². The average Bonchev–Trinajstić information content (AvgIpc) is 2.88. The average molecular weight is 300 g/mol. The normalized spacial score (nSPS) is 17.4. The van der Waals surface area contributed by atoms with Crippen molar-refractivity contribution in [3.63, 3.8) is 0 Å². The van der Waals surface area contributed by atoms with Crippen molar-refractivity contribution in [3.05, 3.63) is 28.8 Å². The largest absolute Gasteiger partial charge is 0.394 e. The lowest BCUT2D eigenvalue weighted by molar-refractivity contribution is 0.0838. The molecule has 0 aromatic heterocycles. The molecule has 0 heterocycles. The second kappa shape index (κ2) is 6.16. The third-order valence-corrected chi connectivity index (χ3v) is 4.72. The zero-order valence-electron chi connectivity index (χ0n) is 10.9. The van der Waals surface area contributed by atoms with Gasteiger partial charge in [0.25, 0.3) is 5.91 Å². The predicted octanol–water partition coefficient (Wildman–Crippen LogP) is 3.10. The van der Waals surface area contributed by atoms with Gasteiger partial charge in [-0.1, -0.05) is 24.4 Å². The van der Waals surface area contributed by atoms with Crippen molar-refractivity contribution < 1.29 is 9.90 Å². The van der Waals surface area contributed by atoms with Gasteiger partial charge in [-0.25, -0.2) is 0 Å². The van der Waals surface area contributed by atoms with Crippen molar-refractivity contribution in [1.29, 1.82) is 0 Å². The van der Waals surface area contributed by atoms with E-state index in [2.05, 4.69) is 5.32 Å². The Morgan fingerprint density at radius 3 is 2.74 bits per heavy atom. The summed E-state index contributed by atoms with van der Waals surface area (Å²) < 4.78 is 0. The molecule has 1 fully saturated rings. The van der Waals surface area contributed by atoms with Crippen LogP contribution in [0.25, 0.3) is 0 Å². The molecule has 104 valence electrons.